The van der Waals surface area contributed by atoms with Crippen molar-refractivity contribution in [2.24, 2.45) is 0 Å². The first-order chi connectivity index (χ1) is 17.8. The van der Waals surface area contributed by atoms with Crippen LogP contribution in [0, 0.1) is 0 Å². The Kier molecular flexibility index (Phi) is 5.67. The van der Waals surface area contributed by atoms with Crippen molar-refractivity contribution < 1.29 is 21.7 Å². The molecule has 1 aromatic heterocycles. The first-order valence-corrected chi connectivity index (χ1v) is 12.1. The maximum absolute atomic E-state index is 9.75. The first kappa shape index (κ1) is 23.2. The summed E-state index contributed by atoms with van der Waals surface area (Å²) in [6.45, 7) is 0. The van der Waals surface area contributed by atoms with Gasteiger partial charge in [0.2, 0.25) is 0 Å². The van der Waals surface area contributed by atoms with E-state index in [1.54, 1.807) is 0 Å². The third-order valence-corrected chi connectivity index (χ3v) is 6.87. The second-order valence-corrected chi connectivity index (χ2v) is 9.26. The normalized spacial score (nSPS) is 12.6. The highest BCUT2D eigenvalue weighted by atomic mass is 19.5. The summed E-state index contributed by atoms with van der Waals surface area (Å²) in [5.41, 5.74) is 13.2. The lowest BCUT2D eigenvalue weighted by Crippen LogP contribution is -2.02. The van der Waals surface area contributed by atoms with E-state index in [1.807, 2.05) is 0 Å². The minimum atomic E-state index is -6.00. The van der Waals surface area contributed by atoms with Crippen molar-refractivity contribution in [3.05, 3.63) is 125 Å². The maximum Gasteiger partial charge on any atom is 0.673 e. The van der Waals surface area contributed by atoms with Crippen molar-refractivity contribution in [3.8, 4) is 44.9 Å². The second-order valence-electron chi connectivity index (χ2n) is 9.26. The molecule has 2 aliphatic carbocycles. The number of rotatable bonds is 2. The summed E-state index contributed by atoms with van der Waals surface area (Å²) < 4.78 is 45.4. The van der Waals surface area contributed by atoms with Crippen LogP contribution in [0.15, 0.2) is 108 Å². The fourth-order valence-corrected chi connectivity index (χ4v) is 5.32. The van der Waals surface area contributed by atoms with Gasteiger partial charge in [0, 0.05) is 12.1 Å². The van der Waals surface area contributed by atoms with Crippen LogP contribution in [0.5, 0.6) is 0 Å². The molecule has 7 rings (SSSR count). The molecular weight excluding hydrogens is 475 g/mol. The minimum Gasteiger partial charge on any atom is -0.418 e. The molecule has 4 aromatic carbocycles. The van der Waals surface area contributed by atoms with Crippen LogP contribution in [0.3, 0.4) is 0 Å². The monoisotopic (exact) mass is 496 g/mol. The molecule has 0 spiro atoms. The third-order valence-electron chi connectivity index (χ3n) is 6.87. The zero-order valence-corrected chi connectivity index (χ0v) is 19.7. The van der Waals surface area contributed by atoms with Gasteiger partial charge in [-0.05, 0) is 87.7 Å². The molecule has 0 fully saturated rings. The molecule has 1 heterocycles. The van der Waals surface area contributed by atoms with Gasteiger partial charge in [-0.3, -0.25) is 0 Å². The number of hydrogen-bond donors (Lipinski definition) is 0. The van der Waals surface area contributed by atoms with Crippen molar-refractivity contribution in [2.45, 2.75) is 12.8 Å². The molecule has 0 saturated carbocycles. The minimum absolute atomic E-state index is 0.907. The van der Waals surface area contributed by atoms with Crippen LogP contribution in [0.4, 0.5) is 17.3 Å². The Labute approximate surface area is 212 Å². The molecule has 182 valence electrons. The summed E-state index contributed by atoms with van der Waals surface area (Å²) in [6, 6.07) is 37.0. The Morgan fingerprint density at radius 2 is 0.865 bits per heavy atom. The van der Waals surface area contributed by atoms with Crippen LogP contribution in [0.2, 0.25) is 0 Å². The molecule has 0 atom stereocenters. The van der Waals surface area contributed by atoms with Gasteiger partial charge in [0.1, 0.15) is 0 Å². The molecule has 0 radical (unpaired) electrons. The van der Waals surface area contributed by atoms with Crippen molar-refractivity contribution in [2.75, 3.05) is 0 Å². The maximum atomic E-state index is 9.75. The summed E-state index contributed by atoms with van der Waals surface area (Å²) in [4.78, 5) is 0. The van der Waals surface area contributed by atoms with Crippen LogP contribution >= 0.6 is 0 Å². The quantitative estimate of drug-likeness (QED) is 0.132. The summed E-state index contributed by atoms with van der Waals surface area (Å²) in [6.07, 6.45) is 1.98. The summed E-state index contributed by atoms with van der Waals surface area (Å²) in [5, 5.41) is 0. The number of fused-ring (bicyclic) bond motifs is 6. The van der Waals surface area contributed by atoms with E-state index in [9.17, 15) is 17.3 Å². The Balaban J connectivity index is 0.000000463. The summed E-state index contributed by atoms with van der Waals surface area (Å²) >= 11 is 0. The lowest BCUT2D eigenvalue weighted by atomic mass is 10.0. The van der Waals surface area contributed by atoms with Gasteiger partial charge in [-0.1, -0.05) is 60.7 Å². The van der Waals surface area contributed by atoms with E-state index in [-0.39, 0.29) is 0 Å². The first-order valence-electron chi connectivity index (χ1n) is 12.1. The van der Waals surface area contributed by atoms with Crippen LogP contribution in [-0.2, 0) is 12.8 Å². The molecule has 0 aliphatic heterocycles. The van der Waals surface area contributed by atoms with E-state index in [1.165, 1.54) is 44.5 Å². The van der Waals surface area contributed by atoms with Crippen molar-refractivity contribution in [1.29, 1.82) is 0 Å². The Bertz CT molecular complexity index is 1520. The van der Waals surface area contributed by atoms with Crippen molar-refractivity contribution >= 4 is 7.25 Å². The van der Waals surface area contributed by atoms with Crippen LogP contribution in [0.25, 0.3) is 44.9 Å². The SMILES string of the molecule is F[B-](F)(F)F.c1cc(-c2ccc3c(c2)Cc2ccccc2-3)[o+]c(-c2ccc3c(c2)Cc2ccccc2-3)c1. The molecular formula is C31H21BF4O. The predicted octanol–water partition coefficient (Wildman–Crippen LogP) is 9.34. The van der Waals surface area contributed by atoms with Crippen molar-refractivity contribution in [1.82, 2.24) is 0 Å². The largest absolute Gasteiger partial charge is 0.673 e. The van der Waals surface area contributed by atoms with E-state index in [0.29, 0.717) is 0 Å². The number of benzene rings is 4. The molecule has 0 unspecified atom stereocenters. The lowest BCUT2D eigenvalue weighted by molar-refractivity contribution is 0.368. The second kappa shape index (κ2) is 9.04. The van der Waals surface area contributed by atoms with E-state index >= 15 is 0 Å². The van der Waals surface area contributed by atoms with Crippen LogP contribution in [-0.4, -0.2) is 7.25 Å². The molecule has 0 bridgehead atoms. The average molecular weight is 496 g/mol. The molecule has 0 saturated heterocycles. The highest BCUT2D eigenvalue weighted by Gasteiger charge is 2.24. The Hall–Kier alpha value is -4.19. The van der Waals surface area contributed by atoms with E-state index in [2.05, 4.69) is 103 Å². The Morgan fingerprint density at radius 1 is 0.459 bits per heavy atom. The van der Waals surface area contributed by atoms with Crippen molar-refractivity contribution in [3.63, 3.8) is 0 Å². The molecule has 6 heteroatoms. The van der Waals surface area contributed by atoms with Crippen LogP contribution < -0.4 is 0 Å². The molecule has 1 nitrogen and oxygen atoms in total. The van der Waals surface area contributed by atoms with Gasteiger partial charge in [-0.2, -0.15) is 0 Å². The van der Waals surface area contributed by atoms with Gasteiger partial charge in [0.25, 0.3) is 0 Å². The third kappa shape index (κ3) is 4.67. The van der Waals surface area contributed by atoms with Gasteiger partial charge in [0.05, 0.1) is 11.1 Å². The molecule has 0 amide bonds. The predicted molar refractivity (Wildman–Crippen MR) is 141 cm³/mol. The molecule has 2 aliphatic rings. The van der Waals surface area contributed by atoms with E-state index in [4.69, 9.17) is 4.42 Å². The van der Waals surface area contributed by atoms with Gasteiger partial charge in [0.15, 0.2) is 0 Å². The number of halogens is 4. The highest BCUT2D eigenvalue weighted by Crippen LogP contribution is 2.40. The van der Waals surface area contributed by atoms with Gasteiger partial charge in [-0.15, -0.1) is 0 Å². The average Bonchev–Trinajstić information content (AvgIpc) is 3.45. The highest BCUT2D eigenvalue weighted by molar-refractivity contribution is 6.50. The Morgan fingerprint density at radius 3 is 1.32 bits per heavy atom. The standard InChI is InChI=1S/C31H21O.BF4/c1-3-8-26-20(6-1)16-24-18-22(12-14-28(24)26)30-10-5-11-31(32-30)23-13-15-29-25(19-23)17-21-7-2-4-9-27(21)29;2-1(3,4)5/h1-15,18-19H,16-17H2;/q+1;-1. The molecule has 5 aromatic rings. The summed E-state index contributed by atoms with van der Waals surface area (Å²) in [5.74, 6) is 1.81. The molecule has 0 N–H and O–H groups in total. The van der Waals surface area contributed by atoms with Crippen LogP contribution in [0.1, 0.15) is 22.3 Å². The fourth-order valence-electron chi connectivity index (χ4n) is 5.32. The van der Waals surface area contributed by atoms with E-state index < -0.39 is 7.25 Å². The van der Waals surface area contributed by atoms with Gasteiger partial charge >= 0.3 is 18.8 Å². The zero-order chi connectivity index (χ0) is 25.6. The van der Waals surface area contributed by atoms with Gasteiger partial charge < -0.3 is 17.3 Å². The van der Waals surface area contributed by atoms with E-state index in [0.717, 1.165) is 35.5 Å². The molecule has 37 heavy (non-hydrogen) atoms. The smallest absolute Gasteiger partial charge is 0.418 e. The fraction of sp³-hybridized carbons (Fsp3) is 0.0645. The number of hydrogen-bond acceptors (Lipinski definition) is 0. The lowest BCUT2D eigenvalue weighted by Gasteiger charge is -2.03. The van der Waals surface area contributed by atoms with Gasteiger partial charge in [-0.25, -0.2) is 4.42 Å². The topological polar surface area (TPSA) is 11.3 Å². The summed E-state index contributed by atoms with van der Waals surface area (Å²) in [7, 11) is -6.00. The zero-order valence-electron chi connectivity index (χ0n) is 19.7.